The van der Waals surface area contributed by atoms with Gasteiger partial charge in [0, 0.05) is 38.6 Å². The van der Waals surface area contributed by atoms with Crippen LogP contribution in [0.1, 0.15) is 6.92 Å². The summed E-state index contributed by atoms with van der Waals surface area (Å²) in [6.45, 7) is 4.53. The molecule has 1 fully saturated rings. The summed E-state index contributed by atoms with van der Waals surface area (Å²) < 4.78 is 5.92. The molecule has 2 heterocycles. The lowest BCUT2D eigenvalue weighted by Gasteiger charge is -2.35. The van der Waals surface area contributed by atoms with Crippen LogP contribution in [0.4, 0.5) is 5.95 Å². The van der Waals surface area contributed by atoms with Crippen molar-refractivity contribution in [2.45, 2.75) is 13.0 Å². The summed E-state index contributed by atoms with van der Waals surface area (Å²) in [6, 6.07) is 15.8. The zero-order chi connectivity index (χ0) is 18.6. The first-order valence-electron chi connectivity index (χ1n) is 9.17. The summed E-state index contributed by atoms with van der Waals surface area (Å²) in [7, 11) is 0. The molecule has 6 nitrogen and oxygen atoms in total. The van der Waals surface area contributed by atoms with Gasteiger partial charge in [-0.3, -0.25) is 4.79 Å². The van der Waals surface area contributed by atoms with Crippen molar-refractivity contribution in [2.24, 2.45) is 0 Å². The molecular weight excluding hydrogens is 340 g/mol. The van der Waals surface area contributed by atoms with Crippen LogP contribution in [-0.4, -0.2) is 53.1 Å². The number of carbonyl (C=O) groups is 1. The third-order valence-electron chi connectivity index (χ3n) is 4.81. The average molecular weight is 362 g/mol. The molecule has 4 rings (SSSR count). The highest BCUT2D eigenvalue weighted by Crippen LogP contribution is 2.22. The van der Waals surface area contributed by atoms with E-state index in [1.165, 1.54) is 0 Å². The van der Waals surface area contributed by atoms with Crippen molar-refractivity contribution in [2.75, 3.05) is 31.1 Å². The third-order valence-corrected chi connectivity index (χ3v) is 4.81. The van der Waals surface area contributed by atoms with E-state index in [-0.39, 0.29) is 5.91 Å². The molecule has 1 aliphatic heterocycles. The van der Waals surface area contributed by atoms with E-state index < -0.39 is 6.10 Å². The van der Waals surface area contributed by atoms with Crippen molar-refractivity contribution >= 4 is 22.6 Å². The monoisotopic (exact) mass is 362 g/mol. The van der Waals surface area contributed by atoms with Crippen LogP contribution in [0.2, 0.25) is 0 Å². The second-order valence-corrected chi connectivity index (χ2v) is 6.63. The van der Waals surface area contributed by atoms with Gasteiger partial charge in [-0.25, -0.2) is 9.97 Å². The van der Waals surface area contributed by atoms with Gasteiger partial charge in [-0.15, -0.1) is 0 Å². The van der Waals surface area contributed by atoms with Gasteiger partial charge in [0.15, 0.2) is 6.10 Å². The molecule has 27 heavy (non-hydrogen) atoms. The van der Waals surface area contributed by atoms with Crippen molar-refractivity contribution in [1.82, 2.24) is 14.9 Å². The van der Waals surface area contributed by atoms with Crippen LogP contribution < -0.4 is 9.64 Å². The number of aromatic nitrogens is 2. The Morgan fingerprint density at radius 1 is 0.963 bits per heavy atom. The Balaban J connectivity index is 1.36. The van der Waals surface area contributed by atoms with Crippen LogP contribution >= 0.6 is 0 Å². The number of amides is 1. The Hall–Kier alpha value is -3.15. The normalized spacial score (nSPS) is 15.6. The first-order valence-corrected chi connectivity index (χ1v) is 9.17. The van der Waals surface area contributed by atoms with Gasteiger partial charge in [0.05, 0.1) is 0 Å². The van der Waals surface area contributed by atoms with E-state index in [0.717, 1.165) is 23.9 Å². The minimum atomic E-state index is -0.523. The van der Waals surface area contributed by atoms with E-state index in [1.807, 2.05) is 48.2 Å². The van der Waals surface area contributed by atoms with E-state index in [1.54, 1.807) is 18.5 Å². The number of piperazine rings is 1. The lowest BCUT2D eigenvalue weighted by atomic mass is 10.1. The number of hydrogen-bond donors (Lipinski definition) is 0. The topological polar surface area (TPSA) is 58.6 Å². The second-order valence-electron chi connectivity index (χ2n) is 6.63. The number of rotatable bonds is 4. The Kier molecular flexibility index (Phi) is 4.87. The van der Waals surface area contributed by atoms with Crippen LogP contribution in [0.3, 0.4) is 0 Å². The van der Waals surface area contributed by atoms with Gasteiger partial charge in [0.1, 0.15) is 5.75 Å². The molecule has 3 aromatic rings. The molecule has 1 atom stereocenters. The standard InChI is InChI=1S/C21H22N4O2/c1-16(27-19-8-7-17-5-2-3-6-18(17)15-19)20(26)24-11-13-25(14-12-24)21-22-9-4-10-23-21/h2-10,15-16H,11-14H2,1H3/t16-/m1/s1. The minimum absolute atomic E-state index is 0.0109. The molecule has 0 bridgehead atoms. The Labute approximate surface area is 158 Å². The summed E-state index contributed by atoms with van der Waals surface area (Å²) in [5, 5.41) is 2.26. The molecule has 0 aliphatic carbocycles. The number of hydrogen-bond acceptors (Lipinski definition) is 5. The van der Waals surface area contributed by atoms with Crippen molar-refractivity contribution < 1.29 is 9.53 Å². The number of nitrogens with zero attached hydrogens (tertiary/aromatic N) is 4. The molecule has 138 valence electrons. The molecule has 1 saturated heterocycles. The first kappa shape index (κ1) is 17.3. The quantitative estimate of drug-likeness (QED) is 0.714. The van der Waals surface area contributed by atoms with Crippen molar-refractivity contribution in [3.63, 3.8) is 0 Å². The summed E-state index contributed by atoms with van der Waals surface area (Å²) >= 11 is 0. The molecule has 0 spiro atoms. The van der Waals surface area contributed by atoms with Gasteiger partial charge in [-0.05, 0) is 35.9 Å². The van der Waals surface area contributed by atoms with E-state index in [9.17, 15) is 4.79 Å². The van der Waals surface area contributed by atoms with Gasteiger partial charge >= 0.3 is 0 Å². The molecule has 0 N–H and O–H groups in total. The highest BCUT2D eigenvalue weighted by molar-refractivity contribution is 5.84. The van der Waals surface area contributed by atoms with Crippen LogP contribution in [0.5, 0.6) is 5.75 Å². The summed E-state index contributed by atoms with van der Waals surface area (Å²) in [5.74, 6) is 1.44. The highest BCUT2D eigenvalue weighted by atomic mass is 16.5. The lowest BCUT2D eigenvalue weighted by molar-refractivity contribution is -0.138. The van der Waals surface area contributed by atoms with Gasteiger partial charge in [0.25, 0.3) is 5.91 Å². The van der Waals surface area contributed by atoms with Crippen molar-refractivity contribution in [3.05, 3.63) is 60.9 Å². The highest BCUT2D eigenvalue weighted by Gasteiger charge is 2.26. The maximum atomic E-state index is 12.8. The van der Waals surface area contributed by atoms with Gasteiger partial charge < -0.3 is 14.5 Å². The SMILES string of the molecule is C[C@@H](Oc1ccc2ccccc2c1)C(=O)N1CCN(c2ncccn2)CC1. The molecule has 0 unspecified atom stereocenters. The third kappa shape index (κ3) is 3.84. The molecule has 1 aromatic heterocycles. The Morgan fingerprint density at radius 3 is 2.41 bits per heavy atom. The van der Waals surface area contributed by atoms with E-state index in [4.69, 9.17) is 4.74 Å². The van der Waals surface area contributed by atoms with Gasteiger partial charge in [-0.2, -0.15) is 0 Å². The lowest BCUT2D eigenvalue weighted by Crippen LogP contribution is -2.52. The fourth-order valence-corrected chi connectivity index (χ4v) is 3.33. The number of anilines is 1. The first-order chi connectivity index (χ1) is 13.2. The van der Waals surface area contributed by atoms with Crippen LogP contribution in [0.25, 0.3) is 10.8 Å². The fraction of sp³-hybridized carbons (Fsp3) is 0.286. The largest absolute Gasteiger partial charge is 0.481 e. The summed E-state index contributed by atoms with van der Waals surface area (Å²) in [4.78, 5) is 25.3. The van der Waals surface area contributed by atoms with Crippen LogP contribution in [0, 0.1) is 0 Å². The van der Waals surface area contributed by atoms with Crippen molar-refractivity contribution in [1.29, 1.82) is 0 Å². The van der Waals surface area contributed by atoms with Crippen LogP contribution in [-0.2, 0) is 4.79 Å². The van der Waals surface area contributed by atoms with E-state index >= 15 is 0 Å². The maximum Gasteiger partial charge on any atom is 0.263 e. The number of fused-ring (bicyclic) bond motifs is 1. The minimum Gasteiger partial charge on any atom is -0.481 e. The van der Waals surface area contributed by atoms with Crippen LogP contribution in [0.15, 0.2) is 60.9 Å². The number of carbonyl (C=O) groups excluding carboxylic acids is 1. The van der Waals surface area contributed by atoms with Crippen molar-refractivity contribution in [3.8, 4) is 5.75 Å². The molecule has 0 saturated carbocycles. The molecule has 1 aliphatic rings. The van der Waals surface area contributed by atoms with E-state index in [2.05, 4.69) is 20.9 Å². The average Bonchev–Trinajstić information content (AvgIpc) is 2.74. The zero-order valence-corrected chi connectivity index (χ0v) is 15.3. The molecule has 0 radical (unpaired) electrons. The summed E-state index contributed by atoms with van der Waals surface area (Å²) in [5.41, 5.74) is 0. The molecule has 1 amide bonds. The molecule has 2 aromatic carbocycles. The second kappa shape index (κ2) is 7.61. The Bertz CT molecular complexity index is 924. The summed E-state index contributed by atoms with van der Waals surface area (Å²) in [6.07, 6.45) is 2.95. The van der Waals surface area contributed by atoms with Gasteiger partial charge in [-0.1, -0.05) is 30.3 Å². The molecular formula is C21H22N4O2. The molecule has 6 heteroatoms. The fourth-order valence-electron chi connectivity index (χ4n) is 3.33. The van der Waals surface area contributed by atoms with E-state index in [0.29, 0.717) is 24.8 Å². The van der Waals surface area contributed by atoms with Gasteiger partial charge in [0.2, 0.25) is 5.95 Å². The Morgan fingerprint density at radius 2 is 1.67 bits per heavy atom. The zero-order valence-electron chi connectivity index (χ0n) is 15.3. The number of ether oxygens (including phenoxy) is 1. The predicted molar refractivity (Wildman–Crippen MR) is 105 cm³/mol. The predicted octanol–water partition coefficient (Wildman–Crippen LogP) is 2.75. The maximum absolute atomic E-state index is 12.8. The smallest absolute Gasteiger partial charge is 0.263 e. The number of benzene rings is 2.